The van der Waals surface area contributed by atoms with Crippen LogP contribution in [0.2, 0.25) is 0 Å². The van der Waals surface area contributed by atoms with Crippen LogP contribution in [0.25, 0.3) is 0 Å². The summed E-state index contributed by atoms with van der Waals surface area (Å²) < 4.78 is 22.7. The SMILES string of the molecule is CC(C)CCCC(C)Nc1cc(N)cc(S(N)(=O)=O)c1. The van der Waals surface area contributed by atoms with E-state index in [0.29, 0.717) is 17.3 Å². The number of anilines is 2. The quantitative estimate of drug-likeness (QED) is 0.674. The molecule has 5 N–H and O–H groups in total. The van der Waals surface area contributed by atoms with Gasteiger partial charge >= 0.3 is 0 Å². The Morgan fingerprint density at radius 2 is 1.80 bits per heavy atom. The van der Waals surface area contributed by atoms with Gasteiger partial charge in [0.15, 0.2) is 0 Å². The summed E-state index contributed by atoms with van der Waals surface area (Å²) in [5, 5.41) is 8.40. The topological polar surface area (TPSA) is 98.2 Å². The lowest BCUT2D eigenvalue weighted by atomic mass is 10.0. The standard InChI is InChI=1S/C14H25N3O2S/c1-10(2)5-4-6-11(3)17-13-7-12(15)8-14(9-13)20(16,18)19/h7-11,17H,4-6,15H2,1-3H3,(H2,16,18,19). The van der Waals surface area contributed by atoms with Gasteiger partial charge in [-0.05, 0) is 37.5 Å². The summed E-state index contributed by atoms with van der Waals surface area (Å²) in [6.07, 6.45) is 3.35. The minimum atomic E-state index is -3.73. The van der Waals surface area contributed by atoms with Crippen molar-refractivity contribution < 1.29 is 8.42 Å². The van der Waals surface area contributed by atoms with Crippen molar-refractivity contribution in [3.8, 4) is 0 Å². The number of sulfonamides is 1. The summed E-state index contributed by atoms with van der Waals surface area (Å²) in [7, 11) is -3.73. The maximum atomic E-state index is 11.4. The van der Waals surface area contributed by atoms with E-state index in [4.69, 9.17) is 10.9 Å². The van der Waals surface area contributed by atoms with Crippen LogP contribution in [0, 0.1) is 5.92 Å². The van der Waals surface area contributed by atoms with Gasteiger partial charge in [-0.3, -0.25) is 0 Å². The molecule has 5 nitrogen and oxygen atoms in total. The lowest BCUT2D eigenvalue weighted by Gasteiger charge is -2.17. The molecule has 1 aromatic carbocycles. The van der Waals surface area contributed by atoms with Gasteiger partial charge in [0.05, 0.1) is 4.90 Å². The molecule has 0 fully saturated rings. The number of nitrogens with one attached hydrogen (secondary N) is 1. The number of hydrogen-bond donors (Lipinski definition) is 3. The van der Waals surface area contributed by atoms with Gasteiger partial charge in [-0.2, -0.15) is 0 Å². The first-order valence-electron chi connectivity index (χ1n) is 6.88. The van der Waals surface area contributed by atoms with Crippen molar-refractivity contribution in [1.29, 1.82) is 0 Å². The van der Waals surface area contributed by atoms with Crippen molar-refractivity contribution in [3.63, 3.8) is 0 Å². The Bertz CT molecular complexity index is 541. The smallest absolute Gasteiger partial charge is 0.238 e. The Hall–Kier alpha value is -1.27. The second-order valence-electron chi connectivity index (χ2n) is 5.71. The van der Waals surface area contributed by atoms with Crippen molar-refractivity contribution in [2.75, 3.05) is 11.1 Å². The number of hydrogen-bond acceptors (Lipinski definition) is 4. The second kappa shape index (κ2) is 6.95. The molecule has 0 aliphatic carbocycles. The lowest BCUT2D eigenvalue weighted by molar-refractivity contribution is 0.520. The Balaban J connectivity index is 2.70. The molecular formula is C14H25N3O2S. The third-order valence-electron chi connectivity index (χ3n) is 3.09. The maximum Gasteiger partial charge on any atom is 0.238 e. The second-order valence-corrected chi connectivity index (χ2v) is 7.27. The zero-order valence-corrected chi connectivity index (χ0v) is 13.2. The van der Waals surface area contributed by atoms with Crippen LogP contribution in [-0.4, -0.2) is 14.5 Å². The molecule has 0 saturated heterocycles. The summed E-state index contributed by atoms with van der Waals surface area (Å²) in [5.74, 6) is 0.698. The highest BCUT2D eigenvalue weighted by atomic mass is 32.2. The molecule has 0 heterocycles. The number of nitrogens with two attached hydrogens (primary N) is 2. The van der Waals surface area contributed by atoms with Crippen molar-refractivity contribution in [3.05, 3.63) is 18.2 Å². The Morgan fingerprint density at radius 1 is 1.15 bits per heavy atom. The molecule has 6 heteroatoms. The minimum absolute atomic E-state index is 0.0365. The molecule has 0 aromatic heterocycles. The molecule has 0 aliphatic heterocycles. The van der Waals surface area contributed by atoms with Gasteiger partial charge in [0.1, 0.15) is 0 Å². The van der Waals surface area contributed by atoms with E-state index in [9.17, 15) is 8.42 Å². The summed E-state index contributed by atoms with van der Waals surface area (Å²) in [6.45, 7) is 6.48. The van der Waals surface area contributed by atoms with Gasteiger partial charge < -0.3 is 11.1 Å². The minimum Gasteiger partial charge on any atom is -0.399 e. The van der Waals surface area contributed by atoms with E-state index in [1.807, 2.05) is 0 Å². The van der Waals surface area contributed by atoms with E-state index < -0.39 is 10.0 Å². The zero-order chi connectivity index (χ0) is 15.3. The first kappa shape index (κ1) is 16.8. The Morgan fingerprint density at radius 3 is 2.35 bits per heavy atom. The molecule has 1 aromatic rings. The number of benzene rings is 1. The molecule has 1 atom stereocenters. The molecule has 114 valence electrons. The summed E-state index contributed by atoms with van der Waals surface area (Å²) >= 11 is 0. The van der Waals surface area contributed by atoms with Crippen LogP contribution in [0.5, 0.6) is 0 Å². The van der Waals surface area contributed by atoms with E-state index in [2.05, 4.69) is 26.1 Å². The molecule has 0 spiro atoms. The molecule has 0 saturated carbocycles. The molecule has 0 radical (unpaired) electrons. The highest BCUT2D eigenvalue weighted by Crippen LogP contribution is 2.21. The Labute approximate surface area is 121 Å². The van der Waals surface area contributed by atoms with Gasteiger partial charge in [0.2, 0.25) is 10.0 Å². The highest BCUT2D eigenvalue weighted by molar-refractivity contribution is 7.89. The largest absolute Gasteiger partial charge is 0.399 e. The average Bonchev–Trinajstić information content (AvgIpc) is 2.26. The monoisotopic (exact) mass is 299 g/mol. The van der Waals surface area contributed by atoms with Crippen molar-refractivity contribution in [1.82, 2.24) is 0 Å². The Kier molecular flexibility index (Phi) is 5.83. The van der Waals surface area contributed by atoms with E-state index in [0.717, 1.165) is 12.8 Å². The van der Waals surface area contributed by atoms with Gasteiger partial charge in [0.25, 0.3) is 0 Å². The number of primary sulfonamides is 1. The fourth-order valence-corrected chi connectivity index (χ4v) is 2.65. The van der Waals surface area contributed by atoms with Gasteiger partial charge in [-0.15, -0.1) is 0 Å². The predicted molar refractivity (Wildman–Crippen MR) is 84.0 cm³/mol. The highest BCUT2D eigenvalue weighted by Gasteiger charge is 2.11. The molecular weight excluding hydrogens is 274 g/mol. The summed E-state index contributed by atoms with van der Waals surface area (Å²) in [5.41, 5.74) is 6.78. The number of nitrogen functional groups attached to an aromatic ring is 1. The molecule has 0 aliphatic rings. The van der Waals surface area contributed by atoms with Crippen LogP contribution in [0.15, 0.2) is 23.1 Å². The molecule has 0 amide bonds. The fourth-order valence-electron chi connectivity index (χ4n) is 2.06. The third kappa shape index (κ3) is 5.79. The van der Waals surface area contributed by atoms with Crippen LogP contribution >= 0.6 is 0 Å². The van der Waals surface area contributed by atoms with Gasteiger partial charge in [-0.25, -0.2) is 13.6 Å². The van der Waals surface area contributed by atoms with E-state index >= 15 is 0 Å². The van der Waals surface area contributed by atoms with E-state index in [1.165, 1.54) is 18.6 Å². The maximum absolute atomic E-state index is 11.4. The molecule has 1 rings (SSSR count). The summed E-state index contributed by atoms with van der Waals surface area (Å²) in [6, 6.07) is 4.85. The fraction of sp³-hybridized carbons (Fsp3) is 0.571. The van der Waals surface area contributed by atoms with Crippen LogP contribution in [0.3, 0.4) is 0 Å². The number of rotatable bonds is 7. The predicted octanol–water partition coefficient (Wildman–Crippen LogP) is 2.54. The first-order valence-corrected chi connectivity index (χ1v) is 8.43. The van der Waals surface area contributed by atoms with E-state index in [1.54, 1.807) is 6.07 Å². The van der Waals surface area contributed by atoms with Crippen LogP contribution < -0.4 is 16.2 Å². The van der Waals surface area contributed by atoms with Crippen LogP contribution in [-0.2, 0) is 10.0 Å². The molecule has 1 unspecified atom stereocenters. The normalized spacial score (nSPS) is 13.4. The third-order valence-corrected chi connectivity index (χ3v) is 3.98. The lowest BCUT2D eigenvalue weighted by Crippen LogP contribution is -2.17. The van der Waals surface area contributed by atoms with Gasteiger partial charge in [0, 0.05) is 17.4 Å². The van der Waals surface area contributed by atoms with Crippen molar-refractivity contribution in [2.45, 2.75) is 51.0 Å². The summed E-state index contributed by atoms with van der Waals surface area (Å²) in [4.78, 5) is 0.0365. The first-order chi connectivity index (χ1) is 9.18. The van der Waals surface area contributed by atoms with Crippen molar-refractivity contribution in [2.24, 2.45) is 11.1 Å². The average molecular weight is 299 g/mol. The molecule has 20 heavy (non-hydrogen) atoms. The molecule has 0 bridgehead atoms. The zero-order valence-electron chi connectivity index (χ0n) is 12.4. The van der Waals surface area contributed by atoms with Crippen LogP contribution in [0.4, 0.5) is 11.4 Å². The van der Waals surface area contributed by atoms with E-state index in [-0.39, 0.29) is 10.9 Å². The van der Waals surface area contributed by atoms with Crippen molar-refractivity contribution >= 4 is 21.4 Å². The van der Waals surface area contributed by atoms with Crippen LogP contribution in [0.1, 0.15) is 40.0 Å². The van der Waals surface area contributed by atoms with Gasteiger partial charge in [-0.1, -0.05) is 26.7 Å².